The van der Waals surface area contributed by atoms with E-state index >= 15 is 0 Å². The molecule has 4 N–H and O–H groups in total. The Morgan fingerprint density at radius 1 is 1.19 bits per heavy atom. The summed E-state index contributed by atoms with van der Waals surface area (Å²) in [7, 11) is 0. The SMILES string of the molecule is CCN(Cc1ccc(C(N)=O)cc1N)c1ccccc1C. The fraction of sp³-hybridized carbons (Fsp3) is 0.235. The monoisotopic (exact) mass is 283 g/mol. The van der Waals surface area contributed by atoms with Crippen LogP contribution in [0.5, 0.6) is 0 Å². The van der Waals surface area contributed by atoms with Crippen LogP contribution in [-0.2, 0) is 6.54 Å². The molecular weight excluding hydrogens is 262 g/mol. The summed E-state index contributed by atoms with van der Waals surface area (Å²) in [5, 5.41) is 0. The molecule has 0 saturated heterocycles. The molecule has 110 valence electrons. The van der Waals surface area contributed by atoms with Gasteiger partial charge in [-0.3, -0.25) is 4.79 Å². The molecule has 0 saturated carbocycles. The highest BCUT2D eigenvalue weighted by Crippen LogP contribution is 2.23. The molecule has 0 heterocycles. The van der Waals surface area contributed by atoms with E-state index in [0.29, 0.717) is 17.8 Å². The van der Waals surface area contributed by atoms with Gasteiger partial charge in [0, 0.05) is 30.0 Å². The van der Waals surface area contributed by atoms with Gasteiger partial charge in [-0.15, -0.1) is 0 Å². The summed E-state index contributed by atoms with van der Waals surface area (Å²) < 4.78 is 0. The number of rotatable bonds is 5. The number of nitrogens with zero attached hydrogens (tertiary/aromatic N) is 1. The van der Waals surface area contributed by atoms with Crippen molar-refractivity contribution in [2.24, 2.45) is 5.73 Å². The van der Waals surface area contributed by atoms with E-state index in [-0.39, 0.29) is 0 Å². The molecule has 2 rings (SSSR count). The molecule has 0 aliphatic rings. The van der Waals surface area contributed by atoms with Crippen LogP contribution in [0.1, 0.15) is 28.4 Å². The number of para-hydroxylation sites is 1. The van der Waals surface area contributed by atoms with E-state index in [1.807, 2.05) is 18.2 Å². The van der Waals surface area contributed by atoms with Crippen LogP contribution in [0.4, 0.5) is 11.4 Å². The predicted molar refractivity (Wildman–Crippen MR) is 87.3 cm³/mol. The standard InChI is InChI=1S/C17H21N3O/c1-3-20(16-7-5-4-6-12(16)2)11-14-9-8-13(17(19)21)10-15(14)18/h4-10H,3,11,18H2,1-2H3,(H2,19,21). The van der Waals surface area contributed by atoms with Crippen LogP contribution in [-0.4, -0.2) is 12.5 Å². The molecule has 0 unspecified atom stereocenters. The zero-order valence-electron chi connectivity index (χ0n) is 12.5. The zero-order chi connectivity index (χ0) is 15.4. The highest BCUT2D eigenvalue weighted by Gasteiger charge is 2.11. The molecule has 4 nitrogen and oxygen atoms in total. The number of carbonyl (C=O) groups excluding carboxylic acids is 1. The molecule has 2 aromatic carbocycles. The molecule has 2 aromatic rings. The fourth-order valence-corrected chi connectivity index (χ4v) is 2.38. The van der Waals surface area contributed by atoms with Crippen molar-refractivity contribution in [1.29, 1.82) is 0 Å². The number of aryl methyl sites for hydroxylation is 1. The van der Waals surface area contributed by atoms with Crippen LogP contribution in [0.2, 0.25) is 0 Å². The quantitative estimate of drug-likeness (QED) is 0.829. The molecule has 4 heteroatoms. The lowest BCUT2D eigenvalue weighted by Gasteiger charge is -2.25. The largest absolute Gasteiger partial charge is 0.398 e. The molecule has 0 spiro atoms. The van der Waals surface area contributed by atoms with E-state index in [1.54, 1.807) is 12.1 Å². The summed E-state index contributed by atoms with van der Waals surface area (Å²) in [6.45, 7) is 5.78. The Morgan fingerprint density at radius 2 is 1.90 bits per heavy atom. The third kappa shape index (κ3) is 3.34. The highest BCUT2D eigenvalue weighted by atomic mass is 16.1. The van der Waals surface area contributed by atoms with Gasteiger partial charge in [0.25, 0.3) is 0 Å². The minimum absolute atomic E-state index is 0.440. The van der Waals surface area contributed by atoms with Crippen molar-refractivity contribution in [3.05, 3.63) is 59.2 Å². The van der Waals surface area contributed by atoms with Gasteiger partial charge in [-0.2, -0.15) is 0 Å². The van der Waals surface area contributed by atoms with Gasteiger partial charge in [-0.1, -0.05) is 24.3 Å². The second-order valence-electron chi connectivity index (χ2n) is 5.08. The normalized spacial score (nSPS) is 10.4. The van der Waals surface area contributed by atoms with Gasteiger partial charge in [0.2, 0.25) is 5.91 Å². The molecule has 0 atom stereocenters. The molecule has 21 heavy (non-hydrogen) atoms. The van der Waals surface area contributed by atoms with Crippen molar-refractivity contribution < 1.29 is 4.79 Å². The molecule has 0 aliphatic carbocycles. The highest BCUT2D eigenvalue weighted by molar-refractivity contribution is 5.93. The number of carbonyl (C=O) groups is 1. The van der Waals surface area contributed by atoms with Crippen molar-refractivity contribution in [2.75, 3.05) is 17.2 Å². The number of primary amides is 1. The van der Waals surface area contributed by atoms with Crippen molar-refractivity contribution in [3.63, 3.8) is 0 Å². The second kappa shape index (κ2) is 6.31. The number of amides is 1. The number of anilines is 2. The maximum atomic E-state index is 11.2. The summed E-state index contributed by atoms with van der Waals surface area (Å²) in [5.41, 5.74) is 15.8. The Morgan fingerprint density at radius 3 is 2.48 bits per heavy atom. The maximum Gasteiger partial charge on any atom is 0.248 e. The molecule has 1 amide bonds. The van der Waals surface area contributed by atoms with E-state index in [1.165, 1.54) is 11.3 Å². The van der Waals surface area contributed by atoms with Gasteiger partial charge in [0.1, 0.15) is 0 Å². The first kappa shape index (κ1) is 14.9. The average molecular weight is 283 g/mol. The molecule has 0 aliphatic heterocycles. The number of benzene rings is 2. The summed E-state index contributed by atoms with van der Waals surface area (Å²) in [6, 6.07) is 13.5. The Labute approximate surface area is 125 Å². The minimum Gasteiger partial charge on any atom is -0.398 e. The first-order valence-electron chi connectivity index (χ1n) is 7.01. The first-order chi connectivity index (χ1) is 10.0. The summed E-state index contributed by atoms with van der Waals surface area (Å²) in [4.78, 5) is 13.4. The van der Waals surface area contributed by atoms with Crippen LogP contribution in [0, 0.1) is 6.92 Å². The topological polar surface area (TPSA) is 72.3 Å². The second-order valence-corrected chi connectivity index (χ2v) is 5.08. The predicted octanol–water partition coefficient (Wildman–Crippen LogP) is 2.70. The lowest BCUT2D eigenvalue weighted by molar-refractivity contribution is 0.100. The minimum atomic E-state index is -0.459. The smallest absolute Gasteiger partial charge is 0.248 e. The number of nitrogens with two attached hydrogens (primary N) is 2. The molecule has 0 radical (unpaired) electrons. The Balaban J connectivity index is 2.27. The lowest BCUT2D eigenvalue weighted by atomic mass is 10.1. The Hall–Kier alpha value is -2.49. The van der Waals surface area contributed by atoms with Gasteiger partial charge in [-0.25, -0.2) is 0 Å². The van der Waals surface area contributed by atoms with E-state index in [2.05, 4.69) is 30.9 Å². The Bertz CT molecular complexity index is 652. The van der Waals surface area contributed by atoms with Gasteiger partial charge in [0.15, 0.2) is 0 Å². The first-order valence-corrected chi connectivity index (χ1v) is 7.01. The van der Waals surface area contributed by atoms with E-state index in [4.69, 9.17) is 11.5 Å². The number of hydrogen-bond donors (Lipinski definition) is 2. The van der Waals surface area contributed by atoms with Crippen molar-refractivity contribution in [1.82, 2.24) is 0 Å². The molecular formula is C17H21N3O. The third-order valence-electron chi connectivity index (χ3n) is 3.63. The van der Waals surface area contributed by atoms with Crippen LogP contribution in [0.25, 0.3) is 0 Å². The lowest BCUT2D eigenvalue weighted by Crippen LogP contribution is -2.23. The van der Waals surface area contributed by atoms with Gasteiger partial charge in [-0.05, 0) is 43.2 Å². The molecule has 0 aromatic heterocycles. The number of nitrogen functional groups attached to an aromatic ring is 1. The molecule has 0 bridgehead atoms. The van der Waals surface area contributed by atoms with Crippen molar-refractivity contribution in [3.8, 4) is 0 Å². The third-order valence-corrected chi connectivity index (χ3v) is 3.63. The van der Waals surface area contributed by atoms with Gasteiger partial charge < -0.3 is 16.4 Å². The van der Waals surface area contributed by atoms with Gasteiger partial charge in [0.05, 0.1) is 0 Å². The fourth-order valence-electron chi connectivity index (χ4n) is 2.38. The van der Waals surface area contributed by atoms with Crippen LogP contribution in [0.15, 0.2) is 42.5 Å². The Kier molecular flexibility index (Phi) is 4.48. The molecule has 0 fully saturated rings. The van der Waals surface area contributed by atoms with E-state index in [0.717, 1.165) is 12.1 Å². The maximum absolute atomic E-state index is 11.2. The van der Waals surface area contributed by atoms with Crippen molar-refractivity contribution >= 4 is 17.3 Å². The summed E-state index contributed by atoms with van der Waals surface area (Å²) in [6.07, 6.45) is 0. The number of hydrogen-bond acceptors (Lipinski definition) is 3. The summed E-state index contributed by atoms with van der Waals surface area (Å²) in [5.74, 6) is -0.459. The van der Waals surface area contributed by atoms with E-state index < -0.39 is 5.91 Å². The van der Waals surface area contributed by atoms with Crippen LogP contribution in [0.3, 0.4) is 0 Å². The van der Waals surface area contributed by atoms with E-state index in [9.17, 15) is 4.79 Å². The average Bonchev–Trinajstić information content (AvgIpc) is 2.47. The van der Waals surface area contributed by atoms with Crippen LogP contribution >= 0.6 is 0 Å². The van der Waals surface area contributed by atoms with Crippen molar-refractivity contribution in [2.45, 2.75) is 20.4 Å². The van der Waals surface area contributed by atoms with Crippen LogP contribution < -0.4 is 16.4 Å². The summed E-state index contributed by atoms with van der Waals surface area (Å²) >= 11 is 0. The zero-order valence-corrected chi connectivity index (χ0v) is 12.5. The van der Waals surface area contributed by atoms with Gasteiger partial charge >= 0.3 is 0 Å².